The Labute approximate surface area is 105 Å². The molecule has 0 aliphatic carbocycles. The van der Waals surface area contributed by atoms with Gasteiger partial charge in [-0.05, 0) is 31.6 Å². The smallest absolute Gasteiger partial charge is 0.0172 e. The Kier molecular flexibility index (Phi) is 8.02. The molecule has 1 rings (SSSR count). The van der Waals surface area contributed by atoms with Crippen LogP contribution in [0.5, 0.6) is 0 Å². The van der Waals surface area contributed by atoms with Crippen molar-refractivity contribution < 1.29 is 0 Å². The second-order valence-corrected chi connectivity index (χ2v) is 6.19. The number of nitrogens with zero attached hydrogens (tertiary/aromatic N) is 1. The second kappa shape index (κ2) is 8.77. The third-order valence-electron chi connectivity index (χ3n) is 3.06. The van der Waals surface area contributed by atoms with Gasteiger partial charge < -0.3 is 4.90 Å². The Bertz CT molecular complexity index is 153. The van der Waals surface area contributed by atoms with Gasteiger partial charge in [0.05, 0.1) is 0 Å². The van der Waals surface area contributed by atoms with Crippen LogP contribution in [0.3, 0.4) is 0 Å². The van der Waals surface area contributed by atoms with Gasteiger partial charge in [0.1, 0.15) is 0 Å². The average molecular weight is 247 g/mol. The number of thioether (sulfide) groups is 1. The molecule has 1 saturated heterocycles. The Morgan fingerprint density at radius 1 is 1.27 bits per heavy atom. The molecule has 0 bridgehead atoms. The van der Waals surface area contributed by atoms with Crippen LogP contribution in [0.25, 0.3) is 0 Å². The first kappa shape index (κ1) is 13.7. The molecule has 1 heterocycles. The van der Waals surface area contributed by atoms with E-state index in [0.29, 0.717) is 0 Å². The van der Waals surface area contributed by atoms with E-state index in [2.05, 4.69) is 36.2 Å². The number of thiol groups is 1. The summed E-state index contributed by atoms with van der Waals surface area (Å²) in [5, 5.41) is 0.899. The van der Waals surface area contributed by atoms with E-state index in [1.165, 1.54) is 57.5 Å². The van der Waals surface area contributed by atoms with Crippen LogP contribution in [0.2, 0.25) is 0 Å². The summed E-state index contributed by atoms with van der Waals surface area (Å²) < 4.78 is 0. The van der Waals surface area contributed by atoms with Crippen molar-refractivity contribution in [2.75, 3.05) is 31.1 Å². The fraction of sp³-hybridized carbons (Fsp3) is 1.00. The Morgan fingerprint density at radius 2 is 2.07 bits per heavy atom. The highest BCUT2D eigenvalue weighted by Crippen LogP contribution is 2.21. The standard InChI is InChI=1S/C12H25NS2/c1-2-12-11-13(8-10-15-12)7-5-3-4-6-9-14/h12,14H,2-11H2,1H3. The summed E-state index contributed by atoms with van der Waals surface area (Å²) >= 11 is 6.40. The molecule has 1 nitrogen and oxygen atoms in total. The maximum atomic E-state index is 4.24. The van der Waals surface area contributed by atoms with Crippen LogP contribution in [-0.4, -0.2) is 41.3 Å². The van der Waals surface area contributed by atoms with E-state index in [0.717, 1.165) is 11.0 Å². The number of rotatable bonds is 7. The normalized spacial score (nSPS) is 23.2. The molecule has 0 N–H and O–H groups in total. The average Bonchev–Trinajstić information content (AvgIpc) is 2.29. The molecule has 90 valence electrons. The van der Waals surface area contributed by atoms with Gasteiger partial charge in [-0.1, -0.05) is 19.8 Å². The predicted molar refractivity (Wildman–Crippen MR) is 75.3 cm³/mol. The lowest BCUT2D eigenvalue weighted by Gasteiger charge is -2.31. The van der Waals surface area contributed by atoms with Crippen molar-refractivity contribution in [1.29, 1.82) is 0 Å². The molecular weight excluding hydrogens is 222 g/mol. The Balaban J connectivity index is 2.00. The summed E-state index contributed by atoms with van der Waals surface area (Å²) in [6, 6.07) is 0. The fourth-order valence-corrected chi connectivity index (χ4v) is 3.50. The summed E-state index contributed by atoms with van der Waals surface area (Å²) in [5.41, 5.74) is 0. The van der Waals surface area contributed by atoms with E-state index in [4.69, 9.17) is 0 Å². The van der Waals surface area contributed by atoms with Gasteiger partial charge in [-0.3, -0.25) is 0 Å². The van der Waals surface area contributed by atoms with E-state index in [9.17, 15) is 0 Å². The topological polar surface area (TPSA) is 3.24 Å². The fourth-order valence-electron chi connectivity index (χ4n) is 2.03. The third kappa shape index (κ3) is 6.08. The summed E-state index contributed by atoms with van der Waals surface area (Å²) in [4.78, 5) is 2.66. The summed E-state index contributed by atoms with van der Waals surface area (Å²) in [5.74, 6) is 2.40. The van der Waals surface area contributed by atoms with Gasteiger partial charge in [0, 0.05) is 24.1 Å². The highest BCUT2D eigenvalue weighted by molar-refractivity contribution is 8.00. The lowest BCUT2D eigenvalue weighted by molar-refractivity contribution is 0.274. The van der Waals surface area contributed by atoms with Crippen LogP contribution in [0.4, 0.5) is 0 Å². The lowest BCUT2D eigenvalue weighted by atomic mass is 10.2. The van der Waals surface area contributed by atoms with E-state index < -0.39 is 0 Å². The van der Waals surface area contributed by atoms with E-state index in [1.54, 1.807) is 0 Å². The molecule has 15 heavy (non-hydrogen) atoms. The van der Waals surface area contributed by atoms with Gasteiger partial charge in [-0.25, -0.2) is 0 Å². The molecule has 1 atom stereocenters. The zero-order valence-corrected chi connectivity index (χ0v) is 11.7. The number of unbranched alkanes of at least 4 members (excludes halogenated alkanes) is 3. The minimum atomic E-state index is 0.899. The largest absolute Gasteiger partial charge is 0.301 e. The maximum Gasteiger partial charge on any atom is 0.0172 e. The number of hydrogen-bond acceptors (Lipinski definition) is 3. The van der Waals surface area contributed by atoms with Crippen molar-refractivity contribution in [2.24, 2.45) is 0 Å². The Morgan fingerprint density at radius 3 is 2.80 bits per heavy atom. The monoisotopic (exact) mass is 247 g/mol. The highest BCUT2D eigenvalue weighted by Gasteiger charge is 2.17. The van der Waals surface area contributed by atoms with Crippen molar-refractivity contribution in [1.82, 2.24) is 4.90 Å². The van der Waals surface area contributed by atoms with E-state index >= 15 is 0 Å². The van der Waals surface area contributed by atoms with Crippen LogP contribution < -0.4 is 0 Å². The van der Waals surface area contributed by atoms with Gasteiger partial charge >= 0.3 is 0 Å². The molecule has 0 amide bonds. The molecule has 0 aromatic rings. The second-order valence-electron chi connectivity index (χ2n) is 4.34. The molecule has 3 heteroatoms. The van der Waals surface area contributed by atoms with Crippen LogP contribution >= 0.6 is 24.4 Å². The molecule has 0 saturated carbocycles. The third-order valence-corrected chi connectivity index (χ3v) is 4.75. The summed E-state index contributed by atoms with van der Waals surface area (Å²) in [7, 11) is 0. The zero-order valence-electron chi connectivity index (χ0n) is 9.95. The van der Waals surface area contributed by atoms with Gasteiger partial charge in [0.25, 0.3) is 0 Å². The molecule has 0 aromatic heterocycles. The van der Waals surface area contributed by atoms with Crippen molar-refractivity contribution in [3.63, 3.8) is 0 Å². The van der Waals surface area contributed by atoms with E-state index in [1.807, 2.05) is 0 Å². The van der Waals surface area contributed by atoms with Crippen LogP contribution in [0, 0.1) is 0 Å². The first-order valence-corrected chi connectivity index (χ1v) is 7.99. The quantitative estimate of drug-likeness (QED) is 0.543. The van der Waals surface area contributed by atoms with Crippen LogP contribution in [0.1, 0.15) is 39.0 Å². The van der Waals surface area contributed by atoms with Crippen molar-refractivity contribution in [3.8, 4) is 0 Å². The molecule has 0 spiro atoms. The Hall–Kier alpha value is 0.660. The van der Waals surface area contributed by atoms with Crippen LogP contribution in [0.15, 0.2) is 0 Å². The summed E-state index contributed by atoms with van der Waals surface area (Å²) in [6.07, 6.45) is 6.76. The molecule has 0 aromatic carbocycles. The molecule has 1 unspecified atom stereocenters. The van der Waals surface area contributed by atoms with Gasteiger partial charge in [0.2, 0.25) is 0 Å². The minimum Gasteiger partial charge on any atom is -0.301 e. The molecule has 1 aliphatic heterocycles. The van der Waals surface area contributed by atoms with Gasteiger partial charge in [-0.2, -0.15) is 24.4 Å². The molecule has 1 aliphatic rings. The van der Waals surface area contributed by atoms with Gasteiger partial charge in [-0.15, -0.1) is 0 Å². The zero-order chi connectivity index (χ0) is 10.9. The molecule has 1 fully saturated rings. The van der Waals surface area contributed by atoms with Crippen LogP contribution in [-0.2, 0) is 0 Å². The van der Waals surface area contributed by atoms with Crippen molar-refractivity contribution in [3.05, 3.63) is 0 Å². The van der Waals surface area contributed by atoms with E-state index in [-0.39, 0.29) is 0 Å². The van der Waals surface area contributed by atoms with Crippen molar-refractivity contribution in [2.45, 2.75) is 44.3 Å². The SMILES string of the molecule is CCC1CN(CCCCCCS)CCS1. The minimum absolute atomic E-state index is 0.899. The van der Waals surface area contributed by atoms with Crippen molar-refractivity contribution >= 4 is 24.4 Å². The molecular formula is C12H25NS2. The lowest BCUT2D eigenvalue weighted by Crippen LogP contribution is -2.38. The summed E-state index contributed by atoms with van der Waals surface area (Å²) in [6.45, 7) is 6.28. The first-order chi connectivity index (χ1) is 7.36. The van der Waals surface area contributed by atoms with Gasteiger partial charge in [0.15, 0.2) is 0 Å². The maximum absolute atomic E-state index is 4.24. The highest BCUT2D eigenvalue weighted by atomic mass is 32.2. The molecule has 0 radical (unpaired) electrons. The number of hydrogen-bond donors (Lipinski definition) is 1. The first-order valence-electron chi connectivity index (χ1n) is 6.31. The predicted octanol–water partition coefficient (Wildman–Crippen LogP) is 3.30.